The molecule has 7 heteroatoms. The zero-order chi connectivity index (χ0) is 21.4. The first kappa shape index (κ1) is 19.8. The highest BCUT2D eigenvalue weighted by atomic mass is 35.5. The number of benzene rings is 2. The van der Waals surface area contributed by atoms with Crippen LogP contribution in [0.15, 0.2) is 77.3 Å². The van der Waals surface area contributed by atoms with Gasteiger partial charge in [-0.1, -0.05) is 41.9 Å². The van der Waals surface area contributed by atoms with Crippen molar-refractivity contribution < 1.29 is 9.59 Å². The number of hydrogen-bond acceptors (Lipinski definition) is 4. The number of allylic oxidation sites excluding steroid dienone is 1. The summed E-state index contributed by atoms with van der Waals surface area (Å²) in [6.07, 6.45) is 2.06. The predicted molar refractivity (Wildman–Crippen MR) is 126 cm³/mol. The van der Waals surface area contributed by atoms with E-state index in [-0.39, 0.29) is 11.8 Å². The third-order valence-electron chi connectivity index (χ3n) is 5.58. The maximum atomic E-state index is 13.7. The fourth-order valence-electron chi connectivity index (χ4n) is 4.21. The number of ketones is 1. The van der Waals surface area contributed by atoms with E-state index in [1.807, 2.05) is 53.9 Å². The second-order valence-corrected chi connectivity index (χ2v) is 8.90. The third kappa shape index (κ3) is 3.62. The largest absolute Gasteiger partial charge is 0.357 e. The van der Waals surface area contributed by atoms with Crippen molar-refractivity contribution >= 4 is 51.8 Å². The first-order valence-corrected chi connectivity index (χ1v) is 11.4. The van der Waals surface area contributed by atoms with Crippen molar-refractivity contribution in [1.29, 1.82) is 0 Å². The minimum absolute atomic E-state index is 0.0792. The Hall–Kier alpha value is -3.09. The Labute approximate surface area is 189 Å². The van der Waals surface area contributed by atoms with Gasteiger partial charge in [-0.2, -0.15) is 0 Å². The van der Waals surface area contributed by atoms with Crippen molar-refractivity contribution in [3.05, 3.63) is 87.2 Å². The molecule has 0 saturated heterocycles. The minimum atomic E-state index is -0.513. The molecule has 0 fully saturated rings. The molecule has 0 bridgehead atoms. The van der Waals surface area contributed by atoms with Crippen molar-refractivity contribution in [3.8, 4) is 0 Å². The zero-order valence-electron chi connectivity index (χ0n) is 16.6. The maximum absolute atomic E-state index is 13.7. The number of hydrogen-bond donors (Lipinski definition) is 2. The van der Waals surface area contributed by atoms with E-state index in [9.17, 15) is 9.59 Å². The Morgan fingerprint density at radius 2 is 1.87 bits per heavy atom. The summed E-state index contributed by atoms with van der Waals surface area (Å²) in [6, 6.07) is 17.9. The number of nitrogens with one attached hydrogen (secondary N) is 2. The lowest BCUT2D eigenvalue weighted by Gasteiger charge is -2.33. The lowest BCUT2D eigenvalue weighted by atomic mass is 9.88. The van der Waals surface area contributed by atoms with Crippen molar-refractivity contribution in [2.45, 2.75) is 25.3 Å². The Bertz CT molecular complexity index is 1190. The van der Waals surface area contributed by atoms with Crippen LogP contribution in [-0.4, -0.2) is 11.8 Å². The Kier molecular flexibility index (Phi) is 5.26. The fraction of sp³-hybridized carbons (Fsp3) is 0.167. The number of para-hydroxylation sites is 3. The van der Waals surface area contributed by atoms with Gasteiger partial charge in [0.15, 0.2) is 5.78 Å². The van der Waals surface area contributed by atoms with Crippen LogP contribution in [0.4, 0.5) is 21.9 Å². The highest BCUT2D eigenvalue weighted by Crippen LogP contribution is 2.46. The number of fused-ring (bicyclic) bond motifs is 1. The molecule has 2 heterocycles. The number of anilines is 3. The summed E-state index contributed by atoms with van der Waals surface area (Å²) in [4.78, 5) is 29.5. The summed E-state index contributed by atoms with van der Waals surface area (Å²) in [7, 11) is 0. The average molecular weight is 450 g/mol. The SMILES string of the molecule is O=C1CCCC2=C1[C@@H](c1cccs1)N(C(=O)Nc1ccccc1Cl)c1ccccc1N2. The molecule has 5 rings (SSSR count). The molecule has 156 valence electrons. The lowest BCUT2D eigenvalue weighted by molar-refractivity contribution is -0.116. The van der Waals surface area contributed by atoms with Crippen LogP contribution in [0.25, 0.3) is 0 Å². The monoisotopic (exact) mass is 449 g/mol. The van der Waals surface area contributed by atoms with Crippen molar-refractivity contribution in [2.24, 2.45) is 0 Å². The van der Waals surface area contributed by atoms with Gasteiger partial charge in [0.05, 0.1) is 22.1 Å². The molecule has 2 amide bonds. The van der Waals surface area contributed by atoms with Crippen LogP contribution >= 0.6 is 22.9 Å². The fourth-order valence-corrected chi connectivity index (χ4v) is 5.22. The van der Waals surface area contributed by atoms with Gasteiger partial charge in [0.1, 0.15) is 6.04 Å². The molecule has 5 nitrogen and oxygen atoms in total. The second kappa shape index (κ2) is 8.21. The van der Waals surface area contributed by atoms with Gasteiger partial charge in [-0.15, -0.1) is 11.3 Å². The van der Waals surface area contributed by atoms with E-state index >= 15 is 0 Å². The topological polar surface area (TPSA) is 61.4 Å². The zero-order valence-corrected chi connectivity index (χ0v) is 18.2. The minimum Gasteiger partial charge on any atom is -0.357 e. The molecular weight excluding hydrogens is 430 g/mol. The van der Waals surface area contributed by atoms with E-state index in [0.717, 1.165) is 29.1 Å². The number of halogens is 1. The van der Waals surface area contributed by atoms with Gasteiger partial charge in [-0.25, -0.2) is 4.79 Å². The van der Waals surface area contributed by atoms with Gasteiger partial charge >= 0.3 is 6.03 Å². The number of carbonyl (C=O) groups is 2. The van der Waals surface area contributed by atoms with E-state index < -0.39 is 6.04 Å². The summed E-state index contributed by atoms with van der Waals surface area (Å²) >= 11 is 7.84. The molecule has 0 saturated carbocycles. The molecular formula is C24H20ClN3O2S. The third-order valence-corrected chi connectivity index (χ3v) is 6.84. The normalized spacial score (nSPS) is 18.0. The number of Topliss-reactive ketones (excluding diaryl/α,β-unsaturated/α-hetero) is 1. The molecule has 1 aliphatic heterocycles. The van der Waals surface area contributed by atoms with E-state index in [1.54, 1.807) is 17.0 Å². The van der Waals surface area contributed by atoms with Gasteiger partial charge in [0.2, 0.25) is 0 Å². The summed E-state index contributed by atoms with van der Waals surface area (Å²) in [5, 5.41) is 8.83. The van der Waals surface area contributed by atoms with Crippen LogP contribution in [0, 0.1) is 0 Å². The number of rotatable bonds is 2. The van der Waals surface area contributed by atoms with Crippen LogP contribution in [0.1, 0.15) is 30.2 Å². The van der Waals surface area contributed by atoms with Crippen LogP contribution in [0.5, 0.6) is 0 Å². The summed E-state index contributed by atoms with van der Waals surface area (Å²) in [5.74, 6) is 0.0792. The smallest absolute Gasteiger partial charge is 0.327 e. The predicted octanol–water partition coefficient (Wildman–Crippen LogP) is 6.61. The molecule has 1 aliphatic carbocycles. The van der Waals surface area contributed by atoms with E-state index in [4.69, 9.17) is 11.6 Å². The van der Waals surface area contributed by atoms with E-state index in [2.05, 4.69) is 10.6 Å². The molecule has 0 unspecified atom stereocenters. The molecule has 2 aliphatic rings. The average Bonchev–Trinajstić information content (AvgIpc) is 3.25. The second-order valence-electron chi connectivity index (χ2n) is 7.51. The number of nitrogens with zero attached hydrogens (tertiary/aromatic N) is 1. The first-order valence-electron chi connectivity index (χ1n) is 10.1. The number of carbonyl (C=O) groups excluding carboxylic acids is 2. The Morgan fingerprint density at radius 1 is 1.06 bits per heavy atom. The lowest BCUT2D eigenvalue weighted by Crippen LogP contribution is -2.40. The van der Waals surface area contributed by atoms with E-state index in [0.29, 0.717) is 28.4 Å². The van der Waals surface area contributed by atoms with Gasteiger partial charge in [-0.05, 0) is 48.6 Å². The van der Waals surface area contributed by atoms with Crippen molar-refractivity contribution in [2.75, 3.05) is 15.5 Å². The molecule has 2 aromatic carbocycles. The van der Waals surface area contributed by atoms with Crippen LogP contribution in [0.3, 0.4) is 0 Å². The van der Waals surface area contributed by atoms with Gasteiger partial charge in [-0.3, -0.25) is 9.69 Å². The molecule has 1 atom stereocenters. The van der Waals surface area contributed by atoms with Crippen molar-refractivity contribution in [3.63, 3.8) is 0 Å². The highest BCUT2D eigenvalue weighted by molar-refractivity contribution is 7.10. The van der Waals surface area contributed by atoms with Crippen LogP contribution < -0.4 is 15.5 Å². The summed E-state index contributed by atoms with van der Waals surface area (Å²) in [6.45, 7) is 0. The van der Waals surface area contributed by atoms with Crippen LogP contribution in [-0.2, 0) is 4.79 Å². The quantitative estimate of drug-likeness (QED) is 0.462. The Morgan fingerprint density at radius 3 is 2.68 bits per heavy atom. The van der Waals surface area contributed by atoms with Gasteiger partial charge < -0.3 is 10.6 Å². The standard InChI is InChI=1S/C24H20ClN3O2S/c25-15-7-1-2-8-16(15)27-24(30)28-19-11-4-3-9-17(19)26-18-10-5-12-20(29)22(18)23(28)21-13-6-14-31-21/h1-4,6-9,11,13-14,23,26H,5,10,12H2,(H,27,30)/t23-/m1/s1. The molecule has 2 N–H and O–H groups in total. The first-order chi connectivity index (χ1) is 15.1. The van der Waals surface area contributed by atoms with E-state index in [1.165, 1.54) is 11.3 Å². The molecule has 0 radical (unpaired) electrons. The molecule has 3 aromatic rings. The van der Waals surface area contributed by atoms with Gasteiger partial charge in [0, 0.05) is 22.6 Å². The van der Waals surface area contributed by atoms with Crippen LogP contribution in [0.2, 0.25) is 5.02 Å². The Balaban J connectivity index is 1.69. The summed E-state index contributed by atoms with van der Waals surface area (Å²) < 4.78 is 0. The molecule has 0 spiro atoms. The highest BCUT2D eigenvalue weighted by Gasteiger charge is 2.40. The number of urea groups is 1. The number of thiophene rings is 1. The van der Waals surface area contributed by atoms with Gasteiger partial charge in [0.25, 0.3) is 0 Å². The maximum Gasteiger partial charge on any atom is 0.327 e. The number of amides is 2. The van der Waals surface area contributed by atoms with Crippen molar-refractivity contribution in [1.82, 2.24) is 0 Å². The molecule has 1 aromatic heterocycles. The summed E-state index contributed by atoms with van der Waals surface area (Å²) in [5.41, 5.74) is 3.61. The molecule has 31 heavy (non-hydrogen) atoms.